The van der Waals surface area contributed by atoms with Gasteiger partial charge in [0.1, 0.15) is 6.04 Å². The fourth-order valence-electron chi connectivity index (χ4n) is 2.30. The van der Waals surface area contributed by atoms with Crippen LogP contribution < -0.4 is 10.1 Å². The van der Waals surface area contributed by atoms with Crippen LogP contribution in [0.5, 0.6) is 0 Å². The number of nitrogens with one attached hydrogen (secondary N) is 2. The van der Waals surface area contributed by atoms with Crippen molar-refractivity contribution in [2.75, 3.05) is 12.0 Å². The number of aryl methyl sites for hydroxylation is 1. The zero-order valence-electron chi connectivity index (χ0n) is 15.9. The number of sulfonamides is 1. The van der Waals surface area contributed by atoms with Gasteiger partial charge in [-0.25, -0.2) is 13.8 Å². The highest BCUT2D eigenvalue weighted by Crippen LogP contribution is 2.19. The summed E-state index contributed by atoms with van der Waals surface area (Å²) < 4.78 is 27.7. The molecule has 0 bridgehead atoms. The smallest absolute Gasteiger partial charge is 0.258 e. The van der Waals surface area contributed by atoms with Gasteiger partial charge >= 0.3 is 0 Å². The molecule has 1 atom stereocenters. The van der Waals surface area contributed by atoms with Gasteiger partial charge in [0.2, 0.25) is 10.0 Å². The second-order valence-corrected chi connectivity index (χ2v) is 9.71. The van der Waals surface area contributed by atoms with Gasteiger partial charge in [-0.15, -0.1) is 0 Å². The number of hydrogen-bond donors (Lipinski definition) is 2. The third-order valence-corrected chi connectivity index (χ3v) is 6.59. The van der Waals surface area contributed by atoms with Gasteiger partial charge in [0, 0.05) is 10.6 Å². The molecular weight excluding hydrogens is 453 g/mol. The maximum atomic E-state index is 12.6. The van der Waals surface area contributed by atoms with Crippen LogP contribution in [0.15, 0.2) is 52.5 Å². The van der Waals surface area contributed by atoms with Crippen molar-refractivity contribution in [3.8, 4) is 0 Å². The number of thioether (sulfide) groups is 1. The second-order valence-electron chi connectivity index (χ2n) is 6.17. The van der Waals surface area contributed by atoms with Crippen LogP contribution in [-0.4, -0.2) is 38.6 Å². The number of carbonyl (C=O) groups excluding carboxylic acids is 1. The van der Waals surface area contributed by atoms with E-state index in [9.17, 15) is 13.2 Å². The average molecular weight is 474 g/mol. The fraction of sp³-hybridized carbons (Fsp3) is 0.263. The number of nitrogens with zero attached hydrogens (tertiary/aromatic N) is 1. The van der Waals surface area contributed by atoms with Gasteiger partial charge in [0.15, 0.2) is 0 Å². The van der Waals surface area contributed by atoms with Gasteiger partial charge in [-0.2, -0.15) is 21.6 Å². The van der Waals surface area contributed by atoms with Gasteiger partial charge < -0.3 is 0 Å². The monoisotopic (exact) mass is 473 g/mol. The van der Waals surface area contributed by atoms with Crippen LogP contribution in [0.1, 0.15) is 17.5 Å². The Labute approximate surface area is 185 Å². The van der Waals surface area contributed by atoms with Crippen molar-refractivity contribution in [1.29, 1.82) is 0 Å². The quantitative estimate of drug-likeness (QED) is 0.427. The molecule has 0 radical (unpaired) electrons. The van der Waals surface area contributed by atoms with E-state index in [2.05, 4.69) is 15.2 Å². The Balaban J connectivity index is 2.10. The summed E-state index contributed by atoms with van der Waals surface area (Å²) in [6.07, 6.45) is 3.57. The van der Waals surface area contributed by atoms with Crippen LogP contribution in [-0.2, 0) is 14.8 Å². The van der Waals surface area contributed by atoms with Gasteiger partial charge in [-0.05, 0) is 49.6 Å². The maximum absolute atomic E-state index is 12.6. The summed E-state index contributed by atoms with van der Waals surface area (Å²) in [6.45, 7) is 1.86. The highest BCUT2D eigenvalue weighted by Gasteiger charge is 2.25. The summed E-state index contributed by atoms with van der Waals surface area (Å²) in [7, 11) is -3.85. The molecule has 0 aliphatic carbocycles. The summed E-state index contributed by atoms with van der Waals surface area (Å²) in [4.78, 5) is 12.6. The van der Waals surface area contributed by atoms with Crippen LogP contribution in [0, 0.1) is 6.92 Å². The normalized spacial score (nSPS) is 12.8. The Bertz CT molecular complexity index is 981. The van der Waals surface area contributed by atoms with Crippen molar-refractivity contribution in [1.82, 2.24) is 10.1 Å². The molecule has 0 fully saturated rings. The molecule has 0 saturated carbocycles. The Morgan fingerprint density at radius 2 is 1.90 bits per heavy atom. The molecular formula is C19H21Cl2N3O3S2. The van der Waals surface area contributed by atoms with Gasteiger partial charge in [-0.3, -0.25) is 4.79 Å². The zero-order chi connectivity index (χ0) is 21.4. The van der Waals surface area contributed by atoms with Crippen molar-refractivity contribution in [2.45, 2.75) is 24.3 Å². The Kier molecular flexibility index (Phi) is 8.98. The predicted molar refractivity (Wildman–Crippen MR) is 120 cm³/mol. The van der Waals surface area contributed by atoms with Crippen molar-refractivity contribution < 1.29 is 13.2 Å². The molecule has 2 aromatic carbocycles. The lowest BCUT2D eigenvalue weighted by Crippen LogP contribution is -2.45. The van der Waals surface area contributed by atoms with Crippen LogP contribution in [0.3, 0.4) is 0 Å². The number of halogens is 2. The number of hydrogen-bond acceptors (Lipinski definition) is 5. The molecule has 10 heteroatoms. The summed E-state index contributed by atoms with van der Waals surface area (Å²) >= 11 is 13.4. The molecule has 2 N–H and O–H groups in total. The third-order valence-electron chi connectivity index (χ3n) is 3.90. The zero-order valence-corrected chi connectivity index (χ0v) is 19.0. The van der Waals surface area contributed by atoms with E-state index in [1.54, 1.807) is 30.3 Å². The number of carbonyl (C=O) groups is 1. The van der Waals surface area contributed by atoms with E-state index in [-0.39, 0.29) is 4.90 Å². The molecule has 0 aromatic heterocycles. The van der Waals surface area contributed by atoms with Gasteiger partial charge in [0.25, 0.3) is 5.91 Å². The summed E-state index contributed by atoms with van der Waals surface area (Å²) in [5.41, 5.74) is 3.88. The van der Waals surface area contributed by atoms with E-state index in [4.69, 9.17) is 23.2 Å². The second kappa shape index (κ2) is 11.0. The summed E-state index contributed by atoms with van der Waals surface area (Å²) in [6, 6.07) is 10.3. The lowest BCUT2D eigenvalue weighted by Gasteiger charge is -2.17. The molecule has 156 valence electrons. The summed E-state index contributed by atoms with van der Waals surface area (Å²) in [5.74, 6) is 0.0393. The third kappa shape index (κ3) is 7.31. The largest absolute Gasteiger partial charge is 0.271 e. The molecule has 0 unspecified atom stereocenters. The predicted octanol–water partition coefficient (Wildman–Crippen LogP) is 3.85. The highest BCUT2D eigenvalue weighted by molar-refractivity contribution is 7.98. The first kappa shape index (κ1) is 23.7. The van der Waals surface area contributed by atoms with Gasteiger partial charge in [0.05, 0.1) is 16.1 Å². The van der Waals surface area contributed by atoms with Crippen molar-refractivity contribution in [3.05, 3.63) is 63.6 Å². The average Bonchev–Trinajstić information content (AvgIpc) is 2.67. The molecule has 0 heterocycles. The van der Waals surface area contributed by atoms with E-state index in [0.717, 1.165) is 5.56 Å². The van der Waals surface area contributed by atoms with E-state index in [1.807, 2.05) is 13.2 Å². The molecule has 2 rings (SSSR count). The number of rotatable bonds is 9. The minimum absolute atomic E-state index is 0.0986. The first-order chi connectivity index (χ1) is 13.7. The molecule has 29 heavy (non-hydrogen) atoms. The fourth-order valence-corrected chi connectivity index (χ4v) is 4.46. The first-order valence-corrected chi connectivity index (χ1v) is 12.2. The molecule has 6 nitrogen and oxygen atoms in total. The van der Waals surface area contributed by atoms with Crippen LogP contribution in [0.2, 0.25) is 10.0 Å². The molecule has 1 amide bonds. The molecule has 2 aromatic rings. The maximum Gasteiger partial charge on any atom is 0.258 e. The molecule has 0 saturated heterocycles. The minimum atomic E-state index is -3.85. The number of amides is 1. The van der Waals surface area contributed by atoms with E-state index < -0.39 is 22.0 Å². The van der Waals surface area contributed by atoms with Crippen LogP contribution in [0.4, 0.5) is 0 Å². The van der Waals surface area contributed by atoms with Crippen LogP contribution in [0.25, 0.3) is 0 Å². The van der Waals surface area contributed by atoms with E-state index in [1.165, 1.54) is 30.1 Å². The van der Waals surface area contributed by atoms with Crippen molar-refractivity contribution in [3.63, 3.8) is 0 Å². The van der Waals surface area contributed by atoms with E-state index in [0.29, 0.717) is 27.8 Å². The molecule has 0 aliphatic rings. The van der Waals surface area contributed by atoms with Crippen molar-refractivity contribution >= 4 is 57.1 Å². The SMILES string of the molecule is CSCC[C@H](NS(=O)(=O)c1ccc(C)cc1)C(=O)N/N=C/c1ccc(Cl)cc1Cl. The molecule has 0 spiro atoms. The van der Waals surface area contributed by atoms with Gasteiger partial charge in [-0.1, -0.05) is 47.0 Å². The minimum Gasteiger partial charge on any atom is -0.271 e. The summed E-state index contributed by atoms with van der Waals surface area (Å²) in [5, 5.41) is 4.75. The topological polar surface area (TPSA) is 87.6 Å². The van der Waals surface area contributed by atoms with Crippen molar-refractivity contribution in [2.24, 2.45) is 5.10 Å². The lowest BCUT2D eigenvalue weighted by molar-refractivity contribution is -0.122. The number of hydrazone groups is 1. The Morgan fingerprint density at radius 3 is 2.52 bits per heavy atom. The molecule has 0 aliphatic heterocycles. The first-order valence-electron chi connectivity index (χ1n) is 8.59. The van der Waals surface area contributed by atoms with Crippen LogP contribution >= 0.6 is 35.0 Å². The van der Waals surface area contributed by atoms with E-state index >= 15 is 0 Å². The lowest BCUT2D eigenvalue weighted by atomic mass is 10.2. The number of benzene rings is 2. The highest BCUT2D eigenvalue weighted by atomic mass is 35.5. The Morgan fingerprint density at radius 1 is 1.21 bits per heavy atom. The standard InChI is InChI=1S/C19H21Cl2N3O3S2/c1-13-3-7-16(8-4-13)29(26,27)24-18(9-10-28-2)19(25)23-22-12-14-5-6-15(20)11-17(14)21/h3-8,11-12,18,24H,9-10H2,1-2H3,(H,23,25)/b22-12+/t18-/m0/s1. The Hall–Kier alpha value is -1.58.